The van der Waals surface area contributed by atoms with Gasteiger partial charge >= 0.3 is 0 Å². The third-order valence-electron chi connectivity index (χ3n) is 8.95. The normalized spacial score (nSPS) is 16.1. The summed E-state index contributed by atoms with van der Waals surface area (Å²) in [5, 5.41) is 18.4. The van der Waals surface area contributed by atoms with Gasteiger partial charge in [0, 0.05) is 56.6 Å². The molecule has 232 valence electrons. The van der Waals surface area contributed by atoms with E-state index in [1.54, 1.807) is 12.4 Å². The van der Waals surface area contributed by atoms with Crippen molar-refractivity contribution in [3.63, 3.8) is 0 Å². The molecule has 2 aliphatic rings. The van der Waals surface area contributed by atoms with Crippen LogP contribution in [0.2, 0.25) is 0 Å². The van der Waals surface area contributed by atoms with Gasteiger partial charge in [0.25, 0.3) is 5.91 Å². The lowest BCUT2D eigenvalue weighted by Gasteiger charge is -2.22. The largest absolute Gasteiger partial charge is 0.505 e. The van der Waals surface area contributed by atoms with Crippen molar-refractivity contribution in [3.05, 3.63) is 71.2 Å². The average molecular weight is 610 g/mol. The van der Waals surface area contributed by atoms with Crippen LogP contribution in [-0.2, 0) is 19.3 Å². The van der Waals surface area contributed by atoms with Gasteiger partial charge in [-0.3, -0.25) is 9.89 Å². The summed E-state index contributed by atoms with van der Waals surface area (Å²) in [6, 6.07) is 8.69. The molecule has 1 saturated heterocycles. The first-order valence-electron chi connectivity index (χ1n) is 15.5. The van der Waals surface area contributed by atoms with Crippen LogP contribution in [0.25, 0.3) is 33.5 Å². The number of amides is 1. The predicted octanol–water partition coefficient (Wildman–Crippen LogP) is 4.20. The number of hydrogen-bond acceptors (Lipinski definition) is 8. The van der Waals surface area contributed by atoms with Gasteiger partial charge in [-0.1, -0.05) is 13.0 Å². The molecule has 0 unspecified atom stereocenters. The first kappa shape index (κ1) is 28.9. The van der Waals surface area contributed by atoms with E-state index in [0.29, 0.717) is 49.6 Å². The molecule has 45 heavy (non-hydrogen) atoms. The van der Waals surface area contributed by atoms with Gasteiger partial charge < -0.3 is 24.8 Å². The second kappa shape index (κ2) is 11.9. The Kier molecular flexibility index (Phi) is 7.66. The lowest BCUT2D eigenvalue weighted by molar-refractivity contribution is 0.0756. The number of nitrogens with one attached hydrogen (secondary N) is 2. The zero-order chi connectivity index (χ0) is 31.1. The summed E-state index contributed by atoms with van der Waals surface area (Å²) in [6.45, 7) is 6.92. The number of aromatic hydroxyl groups is 1. The average Bonchev–Trinajstić information content (AvgIpc) is 3.52. The van der Waals surface area contributed by atoms with Crippen molar-refractivity contribution in [1.82, 2.24) is 39.9 Å². The number of halogens is 1. The second-order valence-corrected chi connectivity index (χ2v) is 11.9. The first-order valence-corrected chi connectivity index (χ1v) is 15.5. The van der Waals surface area contributed by atoms with E-state index in [1.807, 2.05) is 30.0 Å². The summed E-state index contributed by atoms with van der Waals surface area (Å²) in [4.78, 5) is 37.1. The van der Waals surface area contributed by atoms with Crippen LogP contribution >= 0.6 is 0 Å². The van der Waals surface area contributed by atoms with Gasteiger partial charge in [0.15, 0.2) is 17.4 Å². The number of benzene rings is 2. The van der Waals surface area contributed by atoms with Gasteiger partial charge in [-0.15, -0.1) is 0 Å². The molecule has 0 saturated carbocycles. The lowest BCUT2D eigenvalue weighted by Crippen LogP contribution is -2.34. The highest BCUT2D eigenvalue weighted by Crippen LogP contribution is 2.34. The Morgan fingerprint density at radius 3 is 2.71 bits per heavy atom. The lowest BCUT2D eigenvalue weighted by atomic mass is 9.96. The molecule has 1 fully saturated rings. The fourth-order valence-electron chi connectivity index (χ4n) is 6.34. The Morgan fingerprint density at radius 1 is 1.02 bits per heavy atom. The quantitative estimate of drug-likeness (QED) is 0.270. The minimum atomic E-state index is -0.646. The number of rotatable bonds is 5. The van der Waals surface area contributed by atoms with Gasteiger partial charge in [0.2, 0.25) is 0 Å². The molecule has 2 aromatic carbocycles. The molecule has 1 amide bonds. The number of phenols is 1. The Hall–Kier alpha value is -4.84. The number of carbonyl (C=O) groups excluding carboxylic acids is 1. The maximum Gasteiger partial charge on any atom is 0.274 e. The molecule has 5 aromatic rings. The Morgan fingerprint density at radius 2 is 1.89 bits per heavy atom. The molecule has 0 bridgehead atoms. The van der Waals surface area contributed by atoms with Gasteiger partial charge in [-0.2, -0.15) is 5.10 Å². The highest BCUT2D eigenvalue weighted by molar-refractivity contribution is 5.94. The van der Waals surface area contributed by atoms with E-state index in [-0.39, 0.29) is 11.7 Å². The smallest absolute Gasteiger partial charge is 0.274 e. The number of phenolic OH excluding ortho intramolecular Hbond substituents is 1. The molecule has 0 aliphatic carbocycles. The van der Waals surface area contributed by atoms with Gasteiger partial charge in [-0.25, -0.2) is 19.3 Å². The number of carbonyl (C=O) groups is 1. The van der Waals surface area contributed by atoms with Crippen molar-refractivity contribution in [2.75, 3.05) is 51.2 Å². The maximum atomic E-state index is 14.2. The maximum absolute atomic E-state index is 14.2. The fourth-order valence-corrected chi connectivity index (χ4v) is 6.34. The first-order chi connectivity index (χ1) is 21.9. The van der Waals surface area contributed by atoms with Crippen molar-refractivity contribution in [3.8, 4) is 28.4 Å². The van der Waals surface area contributed by atoms with Gasteiger partial charge in [0.1, 0.15) is 17.2 Å². The zero-order valence-corrected chi connectivity index (χ0v) is 25.5. The van der Waals surface area contributed by atoms with E-state index in [0.717, 1.165) is 77.4 Å². The Balaban J connectivity index is 1.05. The van der Waals surface area contributed by atoms with E-state index < -0.39 is 5.82 Å². The molecule has 0 radical (unpaired) electrons. The number of nitrogens with zero attached hydrogens (tertiary/aromatic N) is 7. The van der Waals surface area contributed by atoms with Crippen LogP contribution < -0.4 is 4.90 Å². The summed E-state index contributed by atoms with van der Waals surface area (Å²) in [7, 11) is 2.13. The minimum absolute atomic E-state index is 0.121. The number of hydrogen-bond donors (Lipinski definition) is 3. The third-order valence-corrected chi connectivity index (χ3v) is 8.95. The molecule has 11 nitrogen and oxygen atoms in total. The molecule has 7 rings (SSSR count). The van der Waals surface area contributed by atoms with Gasteiger partial charge in [-0.05, 0) is 67.4 Å². The van der Waals surface area contributed by atoms with E-state index in [1.165, 1.54) is 12.1 Å². The minimum Gasteiger partial charge on any atom is -0.505 e. The van der Waals surface area contributed by atoms with Crippen LogP contribution in [0.3, 0.4) is 0 Å². The zero-order valence-electron chi connectivity index (χ0n) is 25.5. The van der Waals surface area contributed by atoms with Crippen molar-refractivity contribution in [1.29, 1.82) is 0 Å². The van der Waals surface area contributed by atoms with Crippen molar-refractivity contribution in [2.24, 2.45) is 0 Å². The summed E-state index contributed by atoms with van der Waals surface area (Å²) in [5.74, 6) is 0.373. The van der Waals surface area contributed by atoms with Crippen molar-refractivity contribution >= 4 is 22.6 Å². The summed E-state index contributed by atoms with van der Waals surface area (Å²) in [6.07, 6.45) is 6.30. The van der Waals surface area contributed by atoms with E-state index in [2.05, 4.69) is 42.0 Å². The number of H-pyrrole nitrogens is 2. The number of anilines is 1. The van der Waals surface area contributed by atoms with Crippen LogP contribution in [0.1, 0.15) is 40.8 Å². The molecule has 0 spiro atoms. The number of fused-ring (bicyclic) bond motifs is 2. The van der Waals surface area contributed by atoms with Gasteiger partial charge in [0.05, 0.1) is 23.6 Å². The van der Waals surface area contributed by atoms with E-state index >= 15 is 0 Å². The van der Waals surface area contributed by atoms with Crippen LogP contribution in [0, 0.1) is 5.82 Å². The molecule has 5 heterocycles. The summed E-state index contributed by atoms with van der Waals surface area (Å²) >= 11 is 0. The SMILES string of the molecule is CCc1cc(O)c(F)cc1-c1ccc2c(-c3nc4c([nH]3)CCN(C(=O)c3cnc(N5CCCN(C)CC5)cn3)CC4)n[nH]c2c1. The number of aryl methyl sites for hydroxylation is 1. The highest BCUT2D eigenvalue weighted by atomic mass is 19.1. The number of imidazole rings is 1. The van der Waals surface area contributed by atoms with Crippen LogP contribution in [-0.4, -0.2) is 97.3 Å². The molecule has 0 atom stereocenters. The summed E-state index contributed by atoms with van der Waals surface area (Å²) in [5.41, 5.74) is 6.21. The molecule has 2 aliphatic heterocycles. The van der Waals surface area contributed by atoms with E-state index in [4.69, 9.17) is 4.98 Å². The second-order valence-electron chi connectivity index (χ2n) is 11.9. The van der Waals surface area contributed by atoms with Crippen LogP contribution in [0.5, 0.6) is 5.75 Å². The molecule has 3 aromatic heterocycles. The monoisotopic (exact) mass is 609 g/mol. The number of aromatic nitrogens is 6. The van der Waals surface area contributed by atoms with Crippen molar-refractivity contribution < 1.29 is 14.3 Å². The molecular weight excluding hydrogens is 573 g/mol. The highest BCUT2D eigenvalue weighted by Gasteiger charge is 2.25. The number of aromatic amines is 2. The van der Waals surface area contributed by atoms with Crippen LogP contribution in [0.15, 0.2) is 42.7 Å². The van der Waals surface area contributed by atoms with Crippen molar-refractivity contribution in [2.45, 2.75) is 32.6 Å². The standard InChI is InChI=1S/C33H36FN9O2/c1-3-20-16-29(44)24(34)17-23(20)21-5-6-22-27(15-21)39-40-31(22)32-37-25-7-11-43(12-8-26(25)38-32)33(45)28-18-36-30(19-35-28)42-10-4-9-41(2)13-14-42/h5-6,15-19,44H,3-4,7-14H2,1-2H3,(H,37,38)(H,39,40). The Bertz CT molecular complexity index is 1840. The van der Waals surface area contributed by atoms with E-state index in [9.17, 15) is 14.3 Å². The Labute approximate surface area is 260 Å². The molecular formula is C33H36FN9O2. The number of likely N-dealkylation sites (N-methyl/N-ethyl adjacent to an activating group) is 1. The third kappa shape index (κ3) is 5.61. The molecule has 3 N–H and O–H groups in total. The van der Waals surface area contributed by atoms with Crippen LogP contribution in [0.4, 0.5) is 10.2 Å². The molecule has 12 heteroatoms. The summed E-state index contributed by atoms with van der Waals surface area (Å²) < 4.78 is 14.2. The fraction of sp³-hybridized carbons (Fsp3) is 0.364. The predicted molar refractivity (Wildman–Crippen MR) is 170 cm³/mol. The topological polar surface area (TPSA) is 130 Å².